The van der Waals surface area contributed by atoms with Gasteiger partial charge < -0.3 is 14.6 Å². The summed E-state index contributed by atoms with van der Waals surface area (Å²) >= 11 is 0. The minimum absolute atomic E-state index is 0.295. The summed E-state index contributed by atoms with van der Waals surface area (Å²) in [6.45, 7) is 16.0. The molecule has 0 radical (unpaired) electrons. The first kappa shape index (κ1) is 26.0. The zero-order valence-electron chi connectivity index (χ0n) is 20.8. The Morgan fingerprint density at radius 3 is 1.88 bits per heavy atom. The van der Waals surface area contributed by atoms with Crippen molar-refractivity contribution in [3.63, 3.8) is 0 Å². The minimum Gasteiger partial charge on any atom is -0.460 e. The number of rotatable bonds is 4. The summed E-state index contributed by atoms with van der Waals surface area (Å²) in [7, 11) is 0. The number of hydrogen-bond acceptors (Lipinski definition) is 6. The van der Waals surface area contributed by atoms with Crippen LogP contribution in [0.5, 0.6) is 0 Å². The van der Waals surface area contributed by atoms with Crippen LogP contribution in [0.25, 0.3) is 0 Å². The lowest BCUT2D eigenvalue weighted by molar-refractivity contribution is -0.182. The van der Waals surface area contributed by atoms with Crippen LogP contribution in [-0.2, 0) is 23.9 Å². The third kappa shape index (κ3) is 6.18. The summed E-state index contributed by atoms with van der Waals surface area (Å²) < 4.78 is 11.2. The van der Waals surface area contributed by atoms with Crippen LogP contribution in [0.15, 0.2) is 24.3 Å². The third-order valence-electron chi connectivity index (χ3n) is 5.58. The number of ether oxygens (including phenoxy) is 2. The van der Waals surface area contributed by atoms with Gasteiger partial charge in [0.2, 0.25) is 0 Å². The predicted molar refractivity (Wildman–Crippen MR) is 122 cm³/mol. The number of aliphatic hydroxyl groups is 1. The van der Waals surface area contributed by atoms with Gasteiger partial charge in [-0.05, 0) is 65.5 Å². The van der Waals surface area contributed by atoms with Crippen molar-refractivity contribution < 1.29 is 29.0 Å². The molecule has 1 aromatic rings. The molecular weight excluding hydrogens is 408 g/mol. The Balaban J connectivity index is 2.64. The molecule has 0 amide bonds. The molecule has 32 heavy (non-hydrogen) atoms. The van der Waals surface area contributed by atoms with E-state index >= 15 is 0 Å². The zero-order chi connectivity index (χ0) is 24.6. The lowest BCUT2D eigenvalue weighted by Gasteiger charge is -2.44. The molecule has 6 heteroatoms. The lowest BCUT2D eigenvalue weighted by Crippen LogP contribution is -2.56. The maximum Gasteiger partial charge on any atom is 0.317 e. The van der Waals surface area contributed by atoms with E-state index < -0.39 is 52.3 Å². The molecule has 4 atom stereocenters. The fraction of sp³-hybridized carbons (Fsp3) is 0.654. The van der Waals surface area contributed by atoms with E-state index in [1.807, 2.05) is 24.3 Å². The Kier molecular flexibility index (Phi) is 7.30. The van der Waals surface area contributed by atoms with Crippen molar-refractivity contribution in [2.24, 2.45) is 11.8 Å². The highest BCUT2D eigenvalue weighted by Crippen LogP contribution is 2.47. The van der Waals surface area contributed by atoms with E-state index in [9.17, 15) is 19.5 Å². The van der Waals surface area contributed by atoms with Crippen molar-refractivity contribution in [2.45, 2.75) is 97.4 Å². The molecule has 0 bridgehead atoms. The summed E-state index contributed by atoms with van der Waals surface area (Å²) in [5.41, 5.74) is -1.55. The monoisotopic (exact) mass is 446 g/mol. The summed E-state index contributed by atoms with van der Waals surface area (Å²) in [4.78, 5) is 39.6. The van der Waals surface area contributed by atoms with Gasteiger partial charge in [-0.1, -0.05) is 38.1 Å². The third-order valence-corrected chi connectivity index (χ3v) is 5.58. The number of esters is 2. The standard InChI is InChI=1S/C26H38O6/c1-15(2)16-10-12-17(13-11-16)19-20(22(28)31-24(3,4)5)18(27)14-26(9,30)21(19)23(29)32-25(6,7)8/h10-13,15,19-21,30H,14H2,1-9H3/t19-,20-,21-,26+/m1/s1. The molecule has 1 aliphatic rings. The smallest absolute Gasteiger partial charge is 0.317 e. The van der Waals surface area contributed by atoms with E-state index in [1.54, 1.807) is 41.5 Å². The molecule has 1 aliphatic carbocycles. The summed E-state index contributed by atoms with van der Waals surface area (Å²) in [5, 5.41) is 11.2. The Labute approximate surface area is 191 Å². The van der Waals surface area contributed by atoms with Gasteiger partial charge in [-0.3, -0.25) is 14.4 Å². The van der Waals surface area contributed by atoms with Gasteiger partial charge in [0.1, 0.15) is 17.1 Å². The molecule has 0 saturated heterocycles. The molecule has 0 spiro atoms. The Morgan fingerprint density at radius 1 is 0.969 bits per heavy atom. The van der Waals surface area contributed by atoms with Gasteiger partial charge in [0.15, 0.2) is 5.78 Å². The van der Waals surface area contributed by atoms with Crippen molar-refractivity contribution in [1.29, 1.82) is 0 Å². The Morgan fingerprint density at radius 2 is 1.44 bits per heavy atom. The second-order valence-corrected chi connectivity index (χ2v) is 11.4. The molecule has 178 valence electrons. The van der Waals surface area contributed by atoms with Crippen LogP contribution < -0.4 is 0 Å². The molecule has 0 aromatic heterocycles. The van der Waals surface area contributed by atoms with Crippen molar-refractivity contribution >= 4 is 17.7 Å². The van der Waals surface area contributed by atoms with Gasteiger partial charge in [-0.15, -0.1) is 0 Å². The maximum absolute atomic E-state index is 13.3. The van der Waals surface area contributed by atoms with E-state index in [0.29, 0.717) is 11.5 Å². The van der Waals surface area contributed by atoms with Crippen molar-refractivity contribution in [2.75, 3.05) is 0 Å². The van der Waals surface area contributed by atoms with Gasteiger partial charge in [0, 0.05) is 12.3 Å². The first-order valence-corrected chi connectivity index (χ1v) is 11.2. The number of hydrogen-bond donors (Lipinski definition) is 1. The fourth-order valence-corrected chi connectivity index (χ4v) is 4.25. The molecule has 0 heterocycles. The van der Waals surface area contributed by atoms with Crippen LogP contribution in [-0.4, -0.2) is 39.6 Å². The SMILES string of the molecule is CC(C)c1ccc([C@@H]2[C@H](C(=O)OC(C)(C)C)C(=O)C[C@](C)(O)[C@H]2C(=O)OC(C)(C)C)cc1. The Bertz CT molecular complexity index is 852. The van der Waals surface area contributed by atoms with Crippen molar-refractivity contribution in [1.82, 2.24) is 0 Å². The minimum atomic E-state index is -1.67. The van der Waals surface area contributed by atoms with Gasteiger partial charge in [-0.25, -0.2) is 0 Å². The molecule has 1 fully saturated rings. The lowest BCUT2D eigenvalue weighted by atomic mass is 9.61. The normalized spacial score (nSPS) is 26.7. The number of benzene rings is 1. The first-order chi connectivity index (χ1) is 14.4. The fourth-order valence-electron chi connectivity index (χ4n) is 4.25. The summed E-state index contributed by atoms with van der Waals surface area (Å²) in [6, 6.07) is 7.49. The molecule has 1 N–H and O–H groups in total. The molecule has 1 aromatic carbocycles. The number of ketones is 1. The van der Waals surface area contributed by atoms with E-state index in [0.717, 1.165) is 5.56 Å². The summed E-state index contributed by atoms with van der Waals surface area (Å²) in [5.74, 6) is -4.70. The van der Waals surface area contributed by atoms with Crippen LogP contribution in [0.3, 0.4) is 0 Å². The average Bonchev–Trinajstić information content (AvgIpc) is 2.56. The number of Topliss-reactive ketones (excluding diaryl/α,β-unsaturated/α-hetero) is 1. The molecule has 0 unspecified atom stereocenters. The first-order valence-electron chi connectivity index (χ1n) is 11.2. The van der Waals surface area contributed by atoms with Gasteiger partial charge >= 0.3 is 11.9 Å². The van der Waals surface area contributed by atoms with Gasteiger partial charge in [-0.2, -0.15) is 0 Å². The number of carbonyl (C=O) groups is 3. The quantitative estimate of drug-likeness (QED) is 0.540. The second-order valence-electron chi connectivity index (χ2n) is 11.4. The van der Waals surface area contributed by atoms with E-state index in [1.165, 1.54) is 6.92 Å². The average molecular weight is 447 g/mol. The molecule has 0 aliphatic heterocycles. The molecule has 6 nitrogen and oxygen atoms in total. The van der Waals surface area contributed by atoms with Crippen LogP contribution in [0, 0.1) is 11.8 Å². The second kappa shape index (κ2) is 8.97. The summed E-state index contributed by atoms with van der Waals surface area (Å²) in [6.07, 6.45) is -0.332. The topological polar surface area (TPSA) is 89.9 Å². The van der Waals surface area contributed by atoms with E-state index in [4.69, 9.17) is 9.47 Å². The number of carbonyl (C=O) groups excluding carboxylic acids is 3. The predicted octanol–water partition coefficient (Wildman–Crippen LogP) is 4.53. The highest BCUT2D eigenvalue weighted by atomic mass is 16.6. The molecule has 1 saturated carbocycles. The van der Waals surface area contributed by atoms with Crippen molar-refractivity contribution in [3.05, 3.63) is 35.4 Å². The highest BCUT2D eigenvalue weighted by molar-refractivity contribution is 6.03. The van der Waals surface area contributed by atoms with Gasteiger partial charge in [0.05, 0.1) is 11.5 Å². The van der Waals surface area contributed by atoms with Gasteiger partial charge in [0.25, 0.3) is 0 Å². The molecule has 2 rings (SSSR count). The zero-order valence-corrected chi connectivity index (χ0v) is 20.8. The molecular formula is C26H38O6. The van der Waals surface area contributed by atoms with Crippen LogP contribution >= 0.6 is 0 Å². The van der Waals surface area contributed by atoms with E-state index in [2.05, 4.69) is 13.8 Å². The highest BCUT2D eigenvalue weighted by Gasteiger charge is 2.57. The van der Waals surface area contributed by atoms with Crippen LogP contribution in [0.4, 0.5) is 0 Å². The van der Waals surface area contributed by atoms with Crippen LogP contribution in [0.1, 0.15) is 91.7 Å². The maximum atomic E-state index is 13.3. The van der Waals surface area contributed by atoms with E-state index in [-0.39, 0.29) is 6.42 Å². The van der Waals surface area contributed by atoms with Crippen LogP contribution in [0.2, 0.25) is 0 Å². The largest absolute Gasteiger partial charge is 0.460 e. The van der Waals surface area contributed by atoms with Crippen molar-refractivity contribution in [3.8, 4) is 0 Å². The Hall–Kier alpha value is -2.21.